The van der Waals surface area contributed by atoms with Crippen LogP contribution in [0.25, 0.3) is 26.3 Å². The zero-order valence-electron chi connectivity index (χ0n) is 16.9. The number of benzene rings is 2. The van der Waals surface area contributed by atoms with Crippen LogP contribution in [0.3, 0.4) is 0 Å². The first-order chi connectivity index (χ1) is 15.6. The molecular formula is C23H18N4O3S2. The fraction of sp³-hybridized carbons (Fsp3) is 0.130. The van der Waals surface area contributed by atoms with Crippen LogP contribution in [0.1, 0.15) is 0 Å². The summed E-state index contributed by atoms with van der Waals surface area (Å²) in [7, 11) is 0. The molecule has 7 nitrogen and oxygen atoms in total. The Morgan fingerprint density at radius 3 is 2.47 bits per heavy atom. The number of thiophene rings is 1. The van der Waals surface area contributed by atoms with Gasteiger partial charge in [0.25, 0.3) is 5.56 Å². The number of aromatic nitrogens is 2. The second-order valence-electron chi connectivity index (χ2n) is 7.13. The first-order valence-electron chi connectivity index (χ1n) is 10.0. The SMILES string of the molecule is O=C(CSc1nc2sc(-c3ccccc3)cc2c(=O)n1-c1ccccc1)N1CCNC1=O. The quantitative estimate of drug-likeness (QED) is 0.361. The van der Waals surface area contributed by atoms with Gasteiger partial charge in [-0.05, 0) is 23.8 Å². The molecule has 0 bridgehead atoms. The number of nitrogens with one attached hydrogen (secondary N) is 1. The van der Waals surface area contributed by atoms with E-state index in [0.29, 0.717) is 34.1 Å². The Hall–Kier alpha value is -3.43. The molecule has 0 saturated carbocycles. The average Bonchev–Trinajstić information content (AvgIpc) is 3.45. The van der Waals surface area contributed by atoms with Crippen molar-refractivity contribution >= 4 is 45.3 Å². The van der Waals surface area contributed by atoms with Crippen LogP contribution in [-0.4, -0.2) is 45.2 Å². The van der Waals surface area contributed by atoms with Crippen LogP contribution in [0.15, 0.2) is 76.7 Å². The van der Waals surface area contributed by atoms with Gasteiger partial charge in [0.05, 0.1) is 16.8 Å². The van der Waals surface area contributed by atoms with Gasteiger partial charge < -0.3 is 5.32 Å². The third kappa shape index (κ3) is 3.80. The number of para-hydroxylation sites is 1. The maximum atomic E-state index is 13.5. The summed E-state index contributed by atoms with van der Waals surface area (Å²) in [6.07, 6.45) is 0. The molecule has 0 aliphatic carbocycles. The summed E-state index contributed by atoms with van der Waals surface area (Å²) in [6, 6.07) is 20.6. The lowest BCUT2D eigenvalue weighted by Gasteiger charge is -2.14. The number of hydrogen-bond acceptors (Lipinski definition) is 6. The summed E-state index contributed by atoms with van der Waals surface area (Å²) < 4.78 is 1.53. The lowest BCUT2D eigenvalue weighted by atomic mass is 10.2. The van der Waals surface area contributed by atoms with Gasteiger partial charge in [-0.1, -0.05) is 60.3 Å². The third-order valence-electron chi connectivity index (χ3n) is 5.09. The Labute approximate surface area is 191 Å². The van der Waals surface area contributed by atoms with Crippen LogP contribution in [0, 0.1) is 0 Å². The molecule has 1 fully saturated rings. The molecule has 1 N–H and O–H groups in total. The molecule has 0 unspecified atom stereocenters. The zero-order valence-corrected chi connectivity index (χ0v) is 18.5. The van der Waals surface area contributed by atoms with Crippen molar-refractivity contribution in [3.63, 3.8) is 0 Å². The second kappa shape index (κ2) is 8.60. The fourth-order valence-corrected chi connectivity index (χ4v) is 5.49. The third-order valence-corrected chi connectivity index (χ3v) is 7.09. The van der Waals surface area contributed by atoms with Crippen LogP contribution >= 0.6 is 23.1 Å². The van der Waals surface area contributed by atoms with Crippen LogP contribution in [0.5, 0.6) is 0 Å². The molecule has 3 amide bonds. The maximum Gasteiger partial charge on any atom is 0.324 e. The molecule has 1 aliphatic rings. The highest BCUT2D eigenvalue weighted by Crippen LogP contribution is 2.32. The summed E-state index contributed by atoms with van der Waals surface area (Å²) in [6.45, 7) is 0.799. The van der Waals surface area contributed by atoms with E-state index in [-0.39, 0.29) is 23.3 Å². The number of nitrogens with zero attached hydrogens (tertiary/aromatic N) is 3. The Morgan fingerprint density at radius 2 is 1.78 bits per heavy atom. The number of fused-ring (bicyclic) bond motifs is 1. The molecule has 9 heteroatoms. The van der Waals surface area contributed by atoms with Crippen LogP contribution in [0.2, 0.25) is 0 Å². The number of urea groups is 1. The van der Waals surface area contributed by atoms with Crippen molar-refractivity contribution in [1.82, 2.24) is 19.8 Å². The van der Waals surface area contributed by atoms with E-state index < -0.39 is 0 Å². The molecule has 5 rings (SSSR count). The molecule has 0 spiro atoms. The fourth-order valence-electron chi connectivity index (χ4n) is 3.52. The average molecular weight is 463 g/mol. The monoisotopic (exact) mass is 462 g/mol. The van der Waals surface area contributed by atoms with Gasteiger partial charge >= 0.3 is 6.03 Å². The van der Waals surface area contributed by atoms with Gasteiger partial charge in [0, 0.05) is 18.0 Å². The minimum atomic E-state index is -0.384. The van der Waals surface area contributed by atoms with Gasteiger partial charge in [-0.3, -0.25) is 19.1 Å². The van der Waals surface area contributed by atoms with E-state index in [1.54, 1.807) is 0 Å². The molecule has 4 aromatic rings. The van der Waals surface area contributed by atoms with E-state index in [0.717, 1.165) is 22.2 Å². The van der Waals surface area contributed by atoms with Crippen LogP contribution in [-0.2, 0) is 4.79 Å². The maximum absolute atomic E-state index is 13.5. The zero-order chi connectivity index (χ0) is 22.1. The molecule has 0 atom stereocenters. The van der Waals surface area contributed by atoms with E-state index in [2.05, 4.69) is 5.32 Å². The van der Waals surface area contributed by atoms with Crippen molar-refractivity contribution in [2.75, 3.05) is 18.8 Å². The number of hydrogen-bond donors (Lipinski definition) is 1. The largest absolute Gasteiger partial charge is 0.336 e. The Balaban J connectivity index is 1.57. The van der Waals surface area contributed by atoms with Gasteiger partial charge in [-0.25, -0.2) is 9.78 Å². The van der Waals surface area contributed by atoms with Crippen molar-refractivity contribution < 1.29 is 9.59 Å². The normalized spacial score (nSPS) is 13.5. The summed E-state index contributed by atoms with van der Waals surface area (Å²) in [4.78, 5) is 45.4. The number of carbonyl (C=O) groups is 2. The van der Waals surface area contributed by atoms with E-state index >= 15 is 0 Å². The van der Waals surface area contributed by atoms with E-state index in [1.165, 1.54) is 20.8 Å². The van der Waals surface area contributed by atoms with E-state index in [4.69, 9.17) is 4.98 Å². The van der Waals surface area contributed by atoms with Crippen LogP contribution in [0.4, 0.5) is 4.79 Å². The lowest BCUT2D eigenvalue weighted by molar-refractivity contribution is -0.124. The standard InChI is InChI=1S/C23H18N4O3S2/c28-19(26-12-11-24-22(26)30)14-31-23-25-20-17(13-18(32-20)15-7-3-1-4-8-15)21(29)27(23)16-9-5-2-6-10-16/h1-10,13H,11-12,14H2,(H,24,30). The first kappa shape index (κ1) is 20.5. The molecule has 0 radical (unpaired) electrons. The summed E-state index contributed by atoms with van der Waals surface area (Å²) in [5.41, 5.74) is 1.51. The Kier molecular flexibility index (Phi) is 5.50. The van der Waals surface area contributed by atoms with E-state index in [9.17, 15) is 14.4 Å². The smallest absolute Gasteiger partial charge is 0.324 e. The molecule has 1 aliphatic heterocycles. The van der Waals surface area contributed by atoms with Gasteiger partial charge in [0.1, 0.15) is 4.83 Å². The minimum absolute atomic E-state index is 0.00905. The van der Waals surface area contributed by atoms with Crippen molar-refractivity contribution in [3.05, 3.63) is 77.1 Å². The number of rotatable bonds is 5. The number of imide groups is 1. The van der Waals surface area contributed by atoms with Gasteiger partial charge in [0.15, 0.2) is 5.16 Å². The minimum Gasteiger partial charge on any atom is -0.336 e. The highest BCUT2D eigenvalue weighted by atomic mass is 32.2. The predicted molar refractivity (Wildman–Crippen MR) is 126 cm³/mol. The molecular weight excluding hydrogens is 444 g/mol. The van der Waals surface area contributed by atoms with Crippen molar-refractivity contribution in [1.29, 1.82) is 0 Å². The number of amides is 3. The topological polar surface area (TPSA) is 84.3 Å². The molecule has 1 saturated heterocycles. The summed E-state index contributed by atoms with van der Waals surface area (Å²) in [5, 5.41) is 3.58. The lowest BCUT2D eigenvalue weighted by Crippen LogP contribution is -2.35. The molecule has 3 heterocycles. The Bertz CT molecular complexity index is 1370. The van der Waals surface area contributed by atoms with Gasteiger partial charge in [-0.2, -0.15) is 0 Å². The molecule has 2 aromatic heterocycles. The number of carbonyl (C=O) groups excluding carboxylic acids is 2. The summed E-state index contributed by atoms with van der Waals surface area (Å²) in [5.74, 6) is -0.301. The molecule has 160 valence electrons. The second-order valence-corrected chi connectivity index (χ2v) is 9.11. The van der Waals surface area contributed by atoms with E-state index in [1.807, 2.05) is 66.7 Å². The van der Waals surface area contributed by atoms with Crippen LogP contribution < -0.4 is 10.9 Å². The summed E-state index contributed by atoms with van der Waals surface area (Å²) >= 11 is 2.61. The molecule has 2 aromatic carbocycles. The molecule has 32 heavy (non-hydrogen) atoms. The van der Waals surface area contributed by atoms with Crippen molar-refractivity contribution in [3.8, 4) is 16.1 Å². The predicted octanol–water partition coefficient (Wildman–Crippen LogP) is 3.76. The number of thioether (sulfide) groups is 1. The van der Waals surface area contributed by atoms with Crippen molar-refractivity contribution in [2.24, 2.45) is 0 Å². The first-order valence-corrected chi connectivity index (χ1v) is 11.8. The van der Waals surface area contributed by atoms with Crippen molar-refractivity contribution in [2.45, 2.75) is 5.16 Å². The highest BCUT2D eigenvalue weighted by Gasteiger charge is 2.26. The Morgan fingerprint density at radius 1 is 1.06 bits per heavy atom. The van der Waals surface area contributed by atoms with Gasteiger partial charge in [0.2, 0.25) is 5.91 Å². The highest BCUT2D eigenvalue weighted by molar-refractivity contribution is 7.99. The van der Waals surface area contributed by atoms with Gasteiger partial charge in [-0.15, -0.1) is 11.3 Å².